The highest BCUT2D eigenvalue weighted by Gasteiger charge is 2.22. The molecule has 0 aliphatic carbocycles. The van der Waals surface area contributed by atoms with Crippen molar-refractivity contribution in [1.82, 2.24) is 9.97 Å². The Hall–Kier alpha value is -2.51. The van der Waals surface area contributed by atoms with Gasteiger partial charge in [-0.3, -0.25) is 4.79 Å². The zero-order valence-corrected chi connectivity index (χ0v) is 14.6. The summed E-state index contributed by atoms with van der Waals surface area (Å²) < 4.78 is 6.29. The monoisotopic (exact) mass is 355 g/mol. The van der Waals surface area contributed by atoms with Crippen molar-refractivity contribution in [2.24, 2.45) is 0 Å². The smallest absolute Gasteiger partial charge is 0.226 e. The Morgan fingerprint density at radius 1 is 1.17 bits per heavy atom. The lowest BCUT2D eigenvalue weighted by atomic mass is 10.1. The molecule has 24 heavy (non-hydrogen) atoms. The molecule has 0 saturated carbocycles. The van der Waals surface area contributed by atoms with Gasteiger partial charge in [-0.05, 0) is 23.6 Å². The number of anilines is 1. The van der Waals surface area contributed by atoms with E-state index in [4.69, 9.17) is 4.42 Å². The molecular weight excluding hydrogens is 342 g/mol. The molecular formula is C17H13N3O2S2. The Labute approximate surface area is 146 Å². The van der Waals surface area contributed by atoms with Gasteiger partial charge in [0.15, 0.2) is 0 Å². The van der Waals surface area contributed by atoms with Gasteiger partial charge in [0.1, 0.15) is 11.5 Å². The maximum absolute atomic E-state index is 12.9. The third-order valence-corrected chi connectivity index (χ3v) is 5.39. The maximum atomic E-state index is 12.9. The lowest BCUT2D eigenvalue weighted by molar-refractivity contribution is 0.103. The summed E-state index contributed by atoms with van der Waals surface area (Å²) in [6.45, 7) is 0. The van der Waals surface area contributed by atoms with Crippen LogP contribution < -0.4 is 4.90 Å². The van der Waals surface area contributed by atoms with Crippen molar-refractivity contribution in [2.45, 2.75) is 0 Å². The van der Waals surface area contributed by atoms with Crippen LogP contribution in [0.2, 0.25) is 0 Å². The molecule has 4 rings (SSSR count). The summed E-state index contributed by atoms with van der Waals surface area (Å²) >= 11 is 2.88. The fourth-order valence-electron chi connectivity index (χ4n) is 2.39. The SMILES string of the molecule is CN(C)c1nc(C(=O)c2cccs2)c2scc(-c3ccco3)c2n1. The minimum atomic E-state index is -0.0756. The third-order valence-electron chi connectivity index (χ3n) is 3.55. The molecule has 5 nitrogen and oxygen atoms in total. The second kappa shape index (κ2) is 5.85. The zero-order valence-electron chi connectivity index (χ0n) is 13.0. The molecule has 4 heterocycles. The van der Waals surface area contributed by atoms with Crippen LogP contribution in [0, 0.1) is 0 Å². The van der Waals surface area contributed by atoms with Crippen molar-refractivity contribution < 1.29 is 9.21 Å². The Kier molecular flexibility index (Phi) is 3.66. The second-order valence-corrected chi connectivity index (χ2v) is 7.20. The van der Waals surface area contributed by atoms with Crippen molar-refractivity contribution in [3.8, 4) is 11.3 Å². The Bertz CT molecular complexity index is 1000. The van der Waals surface area contributed by atoms with Gasteiger partial charge >= 0.3 is 0 Å². The van der Waals surface area contributed by atoms with E-state index in [2.05, 4.69) is 9.97 Å². The van der Waals surface area contributed by atoms with E-state index in [-0.39, 0.29) is 5.78 Å². The van der Waals surface area contributed by atoms with Crippen molar-refractivity contribution >= 4 is 44.6 Å². The molecule has 4 aromatic heterocycles. The van der Waals surface area contributed by atoms with Crippen LogP contribution in [-0.2, 0) is 0 Å². The number of rotatable bonds is 4. The maximum Gasteiger partial charge on any atom is 0.226 e. The highest BCUT2D eigenvalue weighted by molar-refractivity contribution is 7.18. The van der Waals surface area contributed by atoms with Gasteiger partial charge in [0.05, 0.1) is 26.9 Å². The number of nitrogens with zero attached hydrogens (tertiary/aromatic N) is 3. The fraction of sp³-hybridized carbons (Fsp3) is 0.118. The summed E-state index contributed by atoms with van der Waals surface area (Å²) in [7, 11) is 3.72. The van der Waals surface area contributed by atoms with Gasteiger partial charge < -0.3 is 9.32 Å². The Morgan fingerprint density at radius 2 is 2.04 bits per heavy atom. The summed E-state index contributed by atoms with van der Waals surface area (Å²) in [6.07, 6.45) is 1.63. The van der Waals surface area contributed by atoms with Gasteiger partial charge in [-0.25, -0.2) is 9.97 Å². The number of fused-ring (bicyclic) bond motifs is 1. The third kappa shape index (κ3) is 2.42. The first kappa shape index (κ1) is 15.0. The van der Waals surface area contributed by atoms with Crippen LogP contribution in [0.5, 0.6) is 0 Å². The number of aromatic nitrogens is 2. The standard InChI is InChI=1S/C17H13N3O2S2/c1-20(2)17-18-13-10(11-5-3-7-22-11)9-24-16(13)14(19-17)15(21)12-6-4-8-23-12/h3-9H,1-2H3. The molecule has 0 N–H and O–H groups in total. The average molecular weight is 355 g/mol. The summed E-state index contributed by atoms with van der Waals surface area (Å²) in [6, 6.07) is 7.41. The number of hydrogen-bond acceptors (Lipinski definition) is 7. The average Bonchev–Trinajstić information content (AvgIpc) is 3.32. The second-order valence-electron chi connectivity index (χ2n) is 5.38. The minimum absolute atomic E-state index is 0.0756. The van der Waals surface area contributed by atoms with Crippen molar-refractivity contribution in [3.05, 3.63) is 51.9 Å². The predicted molar refractivity (Wildman–Crippen MR) is 97.2 cm³/mol. The van der Waals surface area contributed by atoms with Gasteiger partial charge in [0.25, 0.3) is 0 Å². The number of furan rings is 1. The molecule has 0 amide bonds. The molecule has 0 radical (unpaired) electrons. The van der Waals surface area contributed by atoms with Crippen LogP contribution in [0.15, 0.2) is 45.7 Å². The van der Waals surface area contributed by atoms with Crippen LogP contribution in [-0.4, -0.2) is 29.8 Å². The minimum Gasteiger partial charge on any atom is -0.464 e. The molecule has 0 unspecified atom stereocenters. The lowest BCUT2D eigenvalue weighted by Crippen LogP contribution is -2.15. The molecule has 0 aromatic carbocycles. The van der Waals surface area contributed by atoms with E-state index in [1.54, 1.807) is 11.2 Å². The first-order valence-electron chi connectivity index (χ1n) is 7.24. The highest BCUT2D eigenvalue weighted by Crippen LogP contribution is 2.36. The topological polar surface area (TPSA) is 59.2 Å². The van der Waals surface area contributed by atoms with Crippen LogP contribution in [0.1, 0.15) is 15.4 Å². The van der Waals surface area contributed by atoms with Crippen molar-refractivity contribution in [2.75, 3.05) is 19.0 Å². The quantitative estimate of drug-likeness (QED) is 0.511. The van der Waals surface area contributed by atoms with Gasteiger partial charge in [-0.1, -0.05) is 6.07 Å². The van der Waals surface area contributed by atoms with Crippen LogP contribution >= 0.6 is 22.7 Å². The van der Waals surface area contributed by atoms with E-state index in [1.165, 1.54) is 22.7 Å². The Balaban J connectivity index is 1.98. The van der Waals surface area contributed by atoms with Gasteiger partial charge in [-0.2, -0.15) is 0 Å². The van der Waals surface area contributed by atoms with Crippen molar-refractivity contribution in [3.63, 3.8) is 0 Å². The molecule has 0 atom stereocenters. The molecule has 0 bridgehead atoms. The molecule has 0 aliphatic heterocycles. The number of hydrogen-bond donors (Lipinski definition) is 0. The first-order chi connectivity index (χ1) is 11.6. The number of thiophene rings is 2. The van der Waals surface area contributed by atoms with Gasteiger partial charge in [0, 0.05) is 19.5 Å². The van der Waals surface area contributed by atoms with E-state index in [1.807, 2.05) is 49.1 Å². The first-order valence-corrected chi connectivity index (χ1v) is 8.99. The summed E-state index contributed by atoms with van der Waals surface area (Å²) in [5.41, 5.74) is 2.06. The molecule has 4 aromatic rings. The number of carbonyl (C=O) groups is 1. The van der Waals surface area contributed by atoms with Gasteiger partial charge in [0.2, 0.25) is 11.7 Å². The summed E-state index contributed by atoms with van der Waals surface area (Å²) in [4.78, 5) is 24.5. The summed E-state index contributed by atoms with van der Waals surface area (Å²) in [5.74, 6) is 1.17. The van der Waals surface area contributed by atoms with Crippen molar-refractivity contribution in [1.29, 1.82) is 0 Å². The highest BCUT2D eigenvalue weighted by atomic mass is 32.1. The Morgan fingerprint density at radius 3 is 2.71 bits per heavy atom. The molecule has 0 spiro atoms. The van der Waals surface area contributed by atoms with Crippen LogP contribution in [0.4, 0.5) is 5.95 Å². The fourth-order valence-corrected chi connectivity index (χ4v) is 4.04. The van der Waals surface area contributed by atoms with Crippen LogP contribution in [0.25, 0.3) is 21.5 Å². The molecule has 0 saturated heterocycles. The molecule has 120 valence electrons. The number of ketones is 1. The van der Waals surface area contributed by atoms with E-state index < -0.39 is 0 Å². The largest absolute Gasteiger partial charge is 0.464 e. The zero-order chi connectivity index (χ0) is 16.7. The van der Waals surface area contributed by atoms with E-state index in [0.29, 0.717) is 16.5 Å². The van der Waals surface area contributed by atoms with Crippen LogP contribution in [0.3, 0.4) is 0 Å². The van der Waals surface area contributed by atoms with E-state index in [0.717, 1.165) is 21.5 Å². The predicted octanol–water partition coefficient (Wildman–Crippen LogP) is 4.31. The molecule has 0 fully saturated rings. The molecule has 7 heteroatoms. The lowest BCUT2D eigenvalue weighted by Gasteiger charge is -2.12. The van der Waals surface area contributed by atoms with E-state index >= 15 is 0 Å². The number of carbonyl (C=O) groups excluding carboxylic acids is 1. The normalized spacial score (nSPS) is 11.1. The van der Waals surface area contributed by atoms with Gasteiger partial charge in [-0.15, -0.1) is 22.7 Å². The summed E-state index contributed by atoms with van der Waals surface area (Å²) in [5, 5.41) is 3.85. The van der Waals surface area contributed by atoms with E-state index in [9.17, 15) is 4.79 Å². The molecule has 0 aliphatic rings.